The first-order chi connectivity index (χ1) is 15.0. The van der Waals surface area contributed by atoms with E-state index in [2.05, 4.69) is 15.0 Å². The molecule has 1 aromatic heterocycles. The van der Waals surface area contributed by atoms with E-state index in [0.29, 0.717) is 5.82 Å². The maximum atomic E-state index is 12.5. The number of carbonyl (C=O) groups excluding carboxylic acids is 1. The van der Waals surface area contributed by atoms with Gasteiger partial charge in [-0.1, -0.05) is 60.7 Å². The third-order valence-electron chi connectivity index (χ3n) is 4.81. The van der Waals surface area contributed by atoms with Crippen molar-refractivity contribution in [3.05, 3.63) is 91.1 Å². The van der Waals surface area contributed by atoms with Crippen LogP contribution in [0, 0.1) is 0 Å². The summed E-state index contributed by atoms with van der Waals surface area (Å²) in [5.41, 5.74) is 1.98. The number of aromatic nitrogens is 1. The van der Waals surface area contributed by atoms with E-state index < -0.39 is 10.0 Å². The molecule has 0 radical (unpaired) electrons. The quantitative estimate of drug-likeness (QED) is 0.459. The lowest BCUT2D eigenvalue weighted by Crippen LogP contribution is -2.28. The lowest BCUT2D eigenvalue weighted by atomic mass is 10.1. The molecule has 31 heavy (non-hydrogen) atoms. The van der Waals surface area contributed by atoms with Gasteiger partial charge in [0.1, 0.15) is 5.82 Å². The van der Waals surface area contributed by atoms with Crippen molar-refractivity contribution in [3.8, 4) is 11.1 Å². The summed E-state index contributed by atoms with van der Waals surface area (Å²) in [4.78, 5) is 16.6. The molecule has 0 fully saturated rings. The van der Waals surface area contributed by atoms with Crippen LogP contribution < -0.4 is 10.0 Å². The molecule has 4 aromatic rings. The standard InChI is InChI=1S/C24H21N3O3S/c28-24(27-23-13-11-21(17-25-23)18-6-2-1-3-7-18)14-15-26-31(29,30)22-12-10-19-8-4-5-9-20(19)16-22/h1-13,16-17,26H,14-15H2,(H,25,27,28). The normalized spacial score (nSPS) is 11.4. The van der Waals surface area contributed by atoms with E-state index in [-0.39, 0.29) is 23.8 Å². The van der Waals surface area contributed by atoms with E-state index in [1.165, 1.54) is 0 Å². The minimum atomic E-state index is -3.70. The van der Waals surface area contributed by atoms with Crippen LogP contribution in [0.2, 0.25) is 0 Å². The fourth-order valence-corrected chi connectivity index (χ4v) is 4.26. The van der Waals surface area contributed by atoms with E-state index in [1.54, 1.807) is 30.5 Å². The minimum Gasteiger partial charge on any atom is -0.311 e. The predicted octanol–water partition coefficient (Wildman–Crippen LogP) is 4.21. The number of fused-ring (bicyclic) bond motifs is 1. The van der Waals surface area contributed by atoms with Crippen molar-refractivity contribution in [3.63, 3.8) is 0 Å². The zero-order chi connectivity index (χ0) is 21.7. The van der Waals surface area contributed by atoms with Crippen molar-refractivity contribution in [1.29, 1.82) is 0 Å². The fourth-order valence-electron chi connectivity index (χ4n) is 3.19. The molecule has 7 heteroatoms. The van der Waals surface area contributed by atoms with Gasteiger partial charge in [-0.2, -0.15) is 0 Å². The second-order valence-corrected chi connectivity index (χ2v) is 8.77. The first-order valence-electron chi connectivity index (χ1n) is 9.81. The molecule has 1 heterocycles. The number of sulfonamides is 1. The number of hydrogen-bond donors (Lipinski definition) is 2. The van der Waals surface area contributed by atoms with Crippen LogP contribution in [0.25, 0.3) is 21.9 Å². The molecule has 0 saturated carbocycles. The smallest absolute Gasteiger partial charge is 0.240 e. The van der Waals surface area contributed by atoms with Crippen LogP contribution in [-0.2, 0) is 14.8 Å². The summed E-state index contributed by atoms with van der Waals surface area (Å²) in [6.45, 7) is -0.0108. The van der Waals surface area contributed by atoms with Crippen molar-refractivity contribution < 1.29 is 13.2 Å². The Morgan fingerprint density at radius 1 is 0.806 bits per heavy atom. The second kappa shape index (κ2) is 9.07. The van der Waals surface area contributed by atoms with Gasteiger partial charge in [-0.15, -0.1) is 0 Å². The molecule has 0 unspecified atom stereocenters. The molecule has 156 valence electrons. The van der Waals surface area contributed by atoms with Gasteiger partial charge in [0.15, 0.2) is 0 Å². The third kappa shape index (κ3) is 5.14. The van der Waals surface area contributed by atoms with Crippen molar-refractivity contribution >= 4 is 32.5 Å². The summed E-state index contributed by atoms with van der Waals surface area (Å²) in [6, 6.07) is 25.9. The molecular weight excluding hydrogens is 410 g/mol. The Labute approximate surface area is 181 Å². The monoisotopic (exact) mass is 431 g/mol. The van der Waals surface area contributed by atoms with Crippen LogP contribution in [0.3, 0.4) is 0 Å². The maximum absolute atomic E-state index is 12.5. The number of nitrogens with zero attached hydrogens (tertiary/aromatic N) is 1. The van der Waals surface area contributed by atoms with Crippen molar-refractivity contribution in [1.82, 2.24) is 9.71 Å². The zero-order valence-corrected chi connectivity index (χ0v) is 17.5. The topological polar surface area (TPSA) is 88.2 Å². The Balaban J connectivity index is 1.32. The lowest BCUT2D eigenvalue weighted by Gasteiger charge is -2.09. The second-order valence-electron chi connectivity index (χ2n) is 7.00. The van der Waals surface area contributed by atoms with Crippen LogP contribution in [0.15, 0.2) is 96.0 Å². The van der Waals surface area contributed by atoms with Crippen molar-refractivity contribution in [2.45, 2.75) is 11.3 Å². The van der Waals surface area contributed by atoms with E-state index in [1.807, 2.05) is 60.7 Å². The summed E-state index contributed by atoms with van der Waals surface area (Å²) in [5, 5.41) is 4.49. The molecule has 0 aliphatic heterocycles. The Kier molecular flexibility index (Phi) is 6.06. The number of hydrogen-bond acceptors (Lipinski definition) is 4. The van der Waals surface area contributed by atoms with Gasteiger partial charge < -0.3 is 5.32 Å². The molecule has 4 rings (SSSR count). The summed E-state index contributed by atoms with van der Waals surface area (Å²) < 4.78 is 27.5. The largest absolute Gasteiger partial charge is 0.311 e. The highest BCUT2D eigenvalue weighted by molar-refractivity contribution is 7.89. The Morgan fingerprint density at radius 2 is 1.55 bits per heavy atom. The molecular formula is C24H21N3O3S. The molecule has 2 N–H and O–H groups in total. The van der Waals surface area contributed by atoms with Gasteiger partial charge in [-0.05, 0) is 40.6 Å². The van der Waals surface area contributed by atoms with Crippen LogP contribution in [0.1, 0.15) is 6.42 Å². The number of amides is 1. The van der Waals surface area contributed by atoms with E-state index in [4.69, 9.17) is 0 Å². The van der Waals surface area contributed by atoms with Crippen LogP contribution in [0.4, 0.5) is 5.82 Å². The molecule has 0 atom stereocenters. The minimum absolute atomic E-state index is 0.00503. The van der Waals surface area contributed by atoms with Gasteiger partial charge in [0.25, 0.3) is 0 Å². The molecule has 6 nitrogen and oxygen atoms in total. The van der Waals surface area contributed by atoms with Crippen molar-refractivity contribution in [2.75, 3.05) is 11.9 Å². The molecule has 3 aromatic carbocycles. The molecule has 1 amide bonds. The third-order valence-corrected chi connectivity index (χ3v) is 6.27. The van der Waals surface area contributed by atoms with Gasteiger partial charge in [0.05, 0.1) is 4.90 Å². The molecule has 0 bridgehead atoms. The summed E-state index contributed by atoms with van der Waals surface area (Å²) in [5.74, 6) is 0.100. The number of rotatable bonds is 7. The summed E-state index contributed by atoms with van der Waals surface area (Å²) in [7, 11) is -3.70. The molecule has 0 saturated heterocycles. The Hall–Kier alpha value is -3.55. The fraction of sp³-hybridized carbons (Fsp3) is 0.0833. The SMILES string of the molecule is O=C(CCNS(=O)(=O)c1ccc2ccccc2c1)Nc1ccc(-c2ccccc2)cn1. The van der Waals surface area contributed by atoms with Gasteiger partial charge in [0.2, 0.25) is 15.9 Å². The average Bonchev–Trinajstić information content (AvgIpc) is 2.79. The first kappa shape index (κ1) is 20.7. The molecule has 0 aliphatic rings. The maximum Gasteiger partial charge on any atom is 0.240 e. The molecule has 0 spiro atoms. The number of carbonyl (C=O) groups is 1. The number of pyridine rings is 1. The van der Waals surface area contributed by atoms with Gasteiger partial charge in [-0.3, -0.25) is 4.79 Å². The van der Waals surface area contributed by atoms with Crippen LogP contribution >= 0.6 is 0 Å². The van der Waals surface area contributed by atoms with E-state index in [9.17, 15) is 13.2 Å². The summed E-state index contributed by atoms with van der Waals surface area (Å²) >= 11 is 0. The number of benzene rings is 3. The predicted molar refractivity (Wildman–Crippen MR) is 122 cm³/mol. The Bertz CT molecular complexity index is 1310. The summed E-state index contributed by atoms with van der Waals surface area (Å²) in [6.07, 6.45) is 1.68. The first-order valence-corrected chi connectivity index (χ1v) is 11.3. The number of anilines is 1. The van der Waals surface area contributed by atoms with Crippen LogP contribution in [-0.4, -0.2) is 25.9 Å². The highest BCUT2D eigenvalue weighted by atomic mass is 32.2. The lowest BCUT2D eigenvalue weighted by molar-refractivity contribution is -0.116. The average molecular weight is 432 g/mol. The van der Waals surface area contributed by atoms with Crippen molar-refractivity contribution in [2.24, 2.45) is 0 Å². The van der Waals surface area contributed by atoms with Gasteiger partial charge in [-0.25, -0.2) is 18.1 Å². The van der Waals surface area contributed by atoms with Crippen LogP contribution in [0.5, 0.6) is 0 Å². The number of nitrogens with one attached hydrogen (secondary N) is 2. The van der Waals surface area contributed by atoms with E-state index >= 15 is 0 Å². The highest BCUT2D eigenvalue weighted by Gasteiger charge is 2.15. The zero-order valence-electron chi connectivity index (χ0n) is 16.7. The molecule has 0 aliphatic carbocycles. The Morgan fingerprint density at radius 3 is 2.29 bits per heavy atom. The highest BCUT2D eigenvalue weighted by Crippen LogP contribution is 2.20. The van der Waals surface area contributed by atoms with E-state index in [0.717, 1.165) is 21.9 Å². The van der Waals surface area contributed by atoms with Gasteiger partial charge in [0, 0.05) is 24.7 Å². The van der Waals surface area contributed by atoms with Gasteiger partial charge >= 0.3 is 0 Å².